The zero-order valence-electron chi connectivity index (χ0n) is 11.9. The number of nitrogens with one attached hydrogen (secondary N) is 1. The van der Waals surface area contributed by atoms with Crippen molar-refractivity contribution in [2.24, 2.45) is 11.8 Å². The number of anilines is 1. The van der Waals surface area contributed by atoms with Gasteiger partial charge in [-0.15, -0.1) is 0 Å². The monoisotopic (exact) mass is 438 g/mol. The molecule has 0 unspecified atom stereocenters. The van der Waals surface area contributed by atoms with Crippen LogP contribution in [0.3, 0.4) is 0 Å². The molecule has 1 aromatic rings. The van der Waals surface area contributed by atoms with Gasteiger partial charge in [-0.25, -0.2) is 13.1 Å². The van der Waals surface area contributed by atoms with E-state index >= 15 is 0 Å². The number of benzene rings is 1. The molecule has 1 aliphatic carbocycles. The second kappa shape index (κ2) is 6.98. The van der Waals surface area contributed by atoms with Crippen LogP contribution < -0.4 is 10.5 Å². The summed E-state index contributed by atoms with van der Waals surface area (Å²) < 4.78 is 28.6. The van der Waals surface area contributed by atoms with Gasteiger partial charge in [-0.1, -0.05) is 19.8 Å². The van der Waals surface area contributed by atoms with Crippen LogP contribution in [0.4, 0.5) is 5.69 Å². The lowest BCUT2D eigenvalue weighted by Gasteiger charge is -2.26. The highest BCUT2D eigenvalue weighted by atomic mass is 79.9. The van der Waals surface area contributed by atoms with Crippen molar-refractivity contribution in [3.63, 3.8) is 0 Å². The van der Waals surface area contributed by atoms with E-state index in [9.17, 15) is 8.42 Å². The molecule has 0 aromatic heterocycles. The van der Waals surface area contributed by atoms with Crippen molar-refractivity contribution in [1.29, 1.82) is 0 Å². The third kappa shape index (κ3) is 4.43. The van der Waals surface area contributed by atoms with Crippen LogP contribution in [0.15, 0.2) is 26.0 Å². The van der Waals surface area contributed by atoms with Crippen LogP contribution in [0.1, 0.15) is 32.6 Å². The molecule has 0 spiro atoms. The molecule has 0 radical (unpaired) electrons. The van der Waals surface area contributed by atoms with Gasteiger partial charge in [0.25, 0.3) is 0 Å². The van der Waals surface area contributed by atoms with Gasteiger partial charge in [0.2, 0.25) is 10.0 Å². The van der Waals surface area contributed by atoms with Crippen molar-refractivity contribution in [1.82, 2.24) is 4.72 Å². The molecule has 21 heavy (non-hydrogen) atoms. The number of nitrogens with two attached hydrogens (primary N) is 1. The summed E-state index contributed by atoms with van der Waals surface area (Å²) in [5, 5.41) is 0. The Balaban J connectivity index is 2.09. The Bertz CT molecular complexity index is 588. The molecule has 0 saturated heterocycles. The van der Waals surface area contributed by atoms with Gasteiger partial charge in [0, 0.05) is 21.2 Å². The van der Waals surface area contributed by atoms with E-state index in [4.69, 9.17) is 5.73 Å². The first kappa shape index (κ1) is 17.2. The lowest BCUT2D eigenvalue weighted by Crippen LogP contribution is -2.31. The highest BCUT2D eigenvalue weighted by Crippen LogP contribution is 2.33. The number of nitrogen functional groups attached to an aromatic ring is 1. The Labute approximate surface area is 143 Å². The number of hydrogen-bond acceptors (Lipinski definition) is 3. The van der Waals surface area contributed by atoms with E-state index in [1.54, 1.807) is 12.1 Å². The summed E-state index contributed by atoms with van der Waals surface area (Å²) in [7, 11) is -3.55. The first-order chi connectivity index (χ1) is 9.79. The fourth-order valence-electron chi connectivity index (χ4n) is 2.67. The van der Waals surface area contributed by atoms with Crippen molar-refractivity contribution < 1.29 is 8.42 Å². The highest BCUT2D eigenvalue weighted by Gasteiger charge is 2.24. The number of halogens is 2. The van der Waals surface area contributed by atoms with Gasteiger partial charge in [0.1, 0.15) is 4.90 Å². The quantitative estimate of drug-likeness (QED) is 0.698. The first-order valence-electron chi connectivity index (χ1n) is 7.04. The summed E-state index contributed by atoms with van der Waals surface area (Å²) in [4.78, 5) is 0.209. The molecule has 0 amide bonds. The lowest BCUT2D eigenvalue weighted by atomic mass is 9.83. The molecule has 1 saturated carbocycles. The van der Waals surface area contributed by atoms with E-state index in [2.05, 4.69) is 43.5 Å². The van der Waals surface area contributed by atoms with E-state index < -0.39 is 10.0 Å². The summed E-state index contributed by atoms with van der Waals surface area (Å²) in [6.45, 7) is 2.75. The van der Waals surface area contributed by atoms with Gasteiger partial charge in [0.15, 0.2) is 0 Å². The van der Waals surface area contributed by atoms with Crippen LogP contribution in [0, 0.1) is 11.8 Å². The maximum Gasteiger partial charge on any atom is 0.242 e. The van der Waals surface area contributed by atoms with Crippen LogP contribution in [0.5, 0.6) is 0 Å². The average Bonchev–Trinajstić information content (AvgIpc) is 2.36. The molecule has 7 heteroatoms. The minimum atomic E-state index is -3.55. The normalized spacial score (nSPS) is 23.2. The molecule has 2 rings (SSSR count). The van der Waals surface area contributed by atoms with Crippen molar-refractivity contribution >= 4 is 47.6 Å². The van der Waals surface area contributed by atoms with Gasteiger partial charge in [-0.3, -0.25) is 0 Å². The first-order valence-corrected chi connectivity index (χ1v) is 10.1. The van der Waals surface area contributed by atoms with E-state index in [1.807, 2.05) is 0 Å². The van der Waals surface area contributed by atoms with E-state index in [0.717, 1.165) is 18.8 Å². The summed E-state index contributed by atoms with van der Waals surface area (Å²) in [6, 6.07) is 3.20. The predicted octanol–water partition coefficient (Wildman–Crippen LogP) is 3.90. The average molecular weight is 440 g/mol. The second-order valence-electron chi connectivity index (χ2n) is 5.79. The predicted molar refractivity (Wildman–Crippen MR) is 92.6 cm³/mol. The lowest BCUT2D eigenvalue weighted by molar-refractivity contribution is 0.290. The molecule has 4 nitrogen and oxygen atoms in total. The molecule has 0 bridgehead atoms. The Morgan fingerprint density at radius 3 is 2.24 bits per heavy atom. The molecule has 1 aromatic carbocycles. The Morgan fingerprint density at radius 2 is 1.71 bits per heavy atom. The largest absolute Gasteiger partial charge is 0.399 e. The second-order valence-corrected chi connectivity index (χ2v) is 9.20. The van der Waals surface area contributed by atoms with Gasteiger partial charge in [0.05, 0.1) is 0 Å². The zero-order chi connectivity index (χ0) is 15.6. The van der Waals surface area contributed by atoms with Crippen LogP contribution in [0.25, 0.3) is 0 Å². The van der Waals surface area contributed by atoms with E-state index in [0.29, 0.717) is 27.1 Å². The van der Waals surface area contributed by atoms with Crippen molar-refractivity contribution in [2.75, 3.05) is 12.3 Å². The van der Waals surface area contributed by atoms with Gasteiger partial charge >= 0.3 is 0 Å². The maximum absolute atomic E-state index is 12.5. The van der Waals surface area contributed by atoms with Gasteiger partial charge < -0.3 is 5.73 Å². The number of sulfonamides is 1. The Morgan fingerprint density at radius 1 is 1.19 bits per heavy atom. The zero-order valence-corrected chi connectivity index (χ0v) is 15.9. The van der Waals surface area contributed by atoms with E-state index in [-0.39, 0.29) is 4.90 Å². The Hall–Kier alpha value is -0.110. The van der Waals surface area contributed by atoms with Crippen LogP contribution in [-0.2, 0) is 10.0 Å². The fraction of sp³-hybridized carbons (Fsp3) is 0.571. The van der Waals surface area contributed by atoms with E-state index in [1.165, 1.54) is 12.8 Å². The standard InChI is InChI=1S/C14H20Br2N2O2S/c1-9-2-4-10(5-3-9)8-18-21(19,20)14-12(15)6-11(17)7-13(14)16/h6-7,9-10,18H,2-5,8,17H2,1H3. The maximum atomic E-state index is 12.5. The highest BCUT2D eigenvalue weighted by molar-refractivity contribution is 9.11. The molecule has 118 valence electrons. The summed E-state index contributed by atoms with van der Waals surface area (Å²) in [6.07, 6.45) is 4.55. The minimum absolute atomic E-state index is 0.209. The SMILES string of the molecule is CC1CCC(CNS(=O)(=O)c2c(Br)cc(N)cc2Br)CC1. The van der Waals surface area contributed by atoms with Crippen LogP contribution in [-0.4, -0.2) is 15.0 Å². The minimum Gasteiger partial charge on any atom is -0.399 e. The number of hydrogen-bond donors (Lipinski definition) is 2. The molecule has 0 atom stereocenters. The molecular weight excluding hydrogens is 420 g/mol. The van der Waals surface area contributed by atoms with Crippen molar-refractivity contribution in [2.45, 2.75) is 37.5 Å². The molecule has 1 fully saturated rings. The Kier molecular flexibility index (Phi) is 5.73. The molecule has 0 aliphatic heterocycles. The van der Waals surface area contributed by atoms with Crippen molar-refractivity contribution in [3.8, 4) is 0 Å². The summed E-state index contributed by atoms with van der Waals surface area (Å²) in [5.41, 5.74) is 6.21. The van der Waals surface area contributed by atoms with Crippen molar-refractivity contribution in [3.05, 3.63) is 21.1 Å². The molecular formula is C14H20Br2N2O2S. The third-order valence-corrected chi connectivity index (χ3v) is 7.29. The topological polar surface area (TPSA) is 72.2 Å². The van der Waals surface area contributed by atoms with Gasteiger partial charge in [-0.05, 0) is 68.7 Å². The summed E-state index contributed by atoms with van der Waals surface area (Å²) in [5.74, 6) is 1.19. The molecule has 1 aliphatic rings. The third-order valence-electron chi connectivity index (χ3n) is 3.99. The van der Waals surface area contributed by atoms with Crippen LogP contribution in [0.2, 0.25) is 0 Å². The molecule has 0 heterocycles. The van der Waals surface area contributed by atoms with Crippen LogP contribution >= 0.6 is 31.9 Å². The fourth-order valence-corrected chi connectivity index (χ4v) is 6.40. The number of rotatable bonds is 4. The van der Waals surface area contributed by atoms with Gasteiger partial charge in [-0.2, -0.15) is 0 Å². The smallest absolute Gasteiger partial charge is 0.242 e. The molecule has 3 N–H and O–H groups in total. The summed E-state index contributed by atoms with van der Waals surface area (Å²) >= 11 is 6.56.